The molecule has 1 aliphatic heterocycles. The van der Waals surface area contributed by atoms with E-state index in [1.54, 1.807) is 0 Å². The Morgan fingerprint density at radius 1 is 1.38 bits per heavy atom. The molecule has 0 amide bonds. The minimum atomic E-state index is -4.34. The number of hydrogen-bond donors (Lipinski definition) is 2. The van der Waals surface area contributed by atoms with E-state index in [0.29, 0.717) is 13.0 Å². The Morgan fingerprint density at radius 3 is 2.75 bits per heavy atom. The van der Waals surface area contributed by atoms with Gasteiger partial charge in [-0.15, -0.1) is 0 Å². The highest BCUT2D eigenvalue weighted by molar-refractivity contribution is 7.80. The van der Waals surface area contributed by atoms with Crippen molar-refractivity contribution in [2.45, 2.75) is 19.0 Å². The largest absolute Gasteiger partial charge is 0.397 e. The van der Waals surface area contributed by atoms with Crippen molar-refractivity contribution in [3.05, 3.63) is 35.4 Å². The number of fused-ring (bicyclic) bond motifs is 1. The molecule has 6 heteroatoms. The minimum absolute atomic E-state index is 0.0484. The average Bonchev–Trinajstić information content (AvgIpc) is 2.25. The van der Waals surface area contributed by atoms with Gasteiger partial charge in [0.2, 0.25) is 0 Å². The van der Waals surface area contributed by atoms with Crippen molar-refractivity contribution >= 4 is 10.4 Å². The fourth-order valence-corrected chi connectivity index (χ4v) is 2.14. The molecule has 0 bridgehead atoms. The monoisotopic (exact) mass is 243 g/mol. The van der Waals surface area contributed by atoms with E-state index in [9.17, 15) is 8.42 Å². The van der Waals surface area contributed by atoms with Gasteiger partial charge >= 0.3 is 10.4 Å². The highest BCUT2D eigenvalue weighted by atomic mass is 32.3. The number of hydrogen-bond acceptors (Lipinski definition) is 4. The van der Waals surface area contributed by atoms with Gasteiger partial charge in [0.15, 0.2) is 0 Å². The Labute approximate surface area is 94.4 Å². The summed E-state index contributed by atoms with van der Waals surface area (Å²) in [6, 6.07) is 7.87. The predicted molar refractivity (Wildman–Crippen MR) is 58.3 cm³/mol. The molecule has 0 spiro atoms. The SMILES string of the molecule is O=S(=O)(O)OC[C@H]1Cc2ccccc2CN1. The lowest BCUT2D eigenvalue weighted by molar-refractivity contribution is 0.229. The van der Waals surface area contributed by atoms with Crippen LogP contribution in [-0.2, 0) is 27.5 Å². The van der Waals surface area contributed by atoms with Crippen LogP contribution in [0.1, 0.15) is 11.1 Å². The Kier molecular flexibility index (Phi) is 3.25. The standard InChI is InChI=1S/C10H13NO4S/c12-16(13,14)15-7-10-5-8-3-1-2-4-9(8)6-11-10/h1-4,10-11H,5-7H2,(H,12,13,14)/t10-/m1/s1. The van der Waals surface area contributed by atoms with Crippen molar-refractivity contribution in [3.63, 3.8) is 0 Å². The predicted octanol–water partition coefficient (Wildman–Crippen LogP) is 0.520. The third-order valence-corrected chi connectivity index (χ3v) is 3.02. The molecule has 0 saturated carbocycles. The molecule has 1 aromatic rings. The fraction of sp³-hybridized carbons (Fsp3) is 0.400. The molecule has 0 aromatic heterocycles. The maximum atomic E-state index is 10.4. The van der Waals surface area contributed by atoms with Crippen LogP contribution < -0.4 is 5.32 Å². The molecule has 16 heavy (non-hydrogen) atoms. The molecule has 1 atom stereocenters. The van der Waals surface area contributed by atoms with Gasteiger partial charge in [0.1, 0.15) is 0 Å². The molecule has 2 rings (SSSR count). The molecule has 0 saturated heterocycles. The van der Waals surface area contributed by atoms with Gasteiger partial charge in [-0.1, -0.05) is 24.3 Å². The summed E-state index contributed by atoms with van der Waals surface area (Å²) in [5.41, 5.74) is 2.40. The van der Waals surface area contributed by atoms with Crippen molar-refractivity contribution < 1.29 is 17.2 Å². The second kappa shape index (κ2) is 4.50. The van der Waals surface area contributed by atoms with Gasteiger partial charge in [0, 0.05) is 12.6 Å². The van der Waals surface area contributed by atoms with Gasteiger partial charge in [-0.25, -0.2) is 4.18 Å². The molecule has 1 heterocycles. The topological polar surface area (TPSA) is 75.6 Å². The summed E-state index contributed by atoms with van der Waals surface area (Å²) in [7, 11) is -4.34. The lowest BCUT2D eigenvalue weighted by atomic mass is 9.96. The van der Waals surface area contributed by atoms with E-state index >= 15 is 0 Å². The van der Waals surface area contributed by atoms with E-state index in [-0.39, 0.29) is 12.6 Å². The van der Waals surface area contributed by atoms with Gasteiger partial charge in [0.25, 0.3) is 0 Å². The first-order valence-corrected chi connectivity index (χ1v) is 6.33. The first-order valence-electron chi connectivity index (χ1n) is 4.96. The van der Waals surface area contributed by atoms with Crippen LogP contribution in [0.2, 0.25) is 0 Å². The van der Waals surface area contributed by atoms with Crippen LogP contribution in [0.3, 0.4) is 0 Å². The molecule has 0 unspecified atom stereocenters. The molecule has 1 aromatic carbocycles. The molecule has 0 fully saturated rings. The zero-order valence-electron chi connectivity index (χ0n) is 8.59. The molecular weight excluding hydrogens is 230 g/mol. The lowest BCUT2D eigenvalue weighted by Crippen LogP contribution is -2.39. The second-order valence-electron chi connectivity index (χ2n) is 3.76. The van der Waals surface area contributed by atoms with Crippen LogP contribution in [0.4, 0.5) is 0 Å². The zero-order valence-corrected chi connectivity index (χ0v) is 9.40. The summed E-state index contributed by atoms with van der Waals surface area (Å²) < 4.78 is 33.7. The van der Waals surface area contributed by atoms with Crippen LogP contribution in [0.5, 0.6) is 0 Å². The van der Waals surface area contributed by atoms with E-state index in [1.165, 1.54) is 11.1 Å². The van der Waals surface area contributed by atoms with Gasteiger partial charge in [-0.2, -0.15) is 8.42 Å². The minimum Gasteiger partial charge on any atom is -0.307 e. The Bertz CT molecular complexity index is 471. The first kappa shape index (κ1) is 11.5. The van der Waals surface area contributed by atoms with Gasteiger partial charge in [-0.05, 0) is 17.5 Å². The Morgan fingerprint density at radius 2 is 2.06 bits per heavy atom. The summed E-state index contributed by atoms with van der Waals surface area (Å²) in [5, 5.41) is 3.15. The highest BCUT2D eigenvalue weighted by Gasteiger charge is 2.19. The van der Waals surface area contributed by atoms with Crippen molar-refractivity contribution in [1.82, 2.24) is 5.32 Å². The third-order valence-electron chi connectivity index (χ3n) is 2.58. The zero-order chi connectivity index (χ0) is 11.6. The van der Waals surface area contributed by atoms with Crippen LogP contribution in [0, 0.1) is 0 Å². The van der Waals surface area contributed by atoms with Crippen molar-refractivity contribution in [2.24, 2.45) is 0 Å². The van der Waals surface area contributed by atoms with Gasteiger partial charge < -0.3 is 5.32 Å². The number of rotatable bonds is 3. The Hall–Kier alpha value is -0.950. The second-order valence-corrected chi connectivity index (χ2v) is 4.85. The molecule has 0 aliphatic carbocycles. The van der Waals surface area contributed by atoms with Crippen molar-refractivity contribution in [2.75, 3.05) is 6.61 Å². The van der Waals surface area contributed by atoms with Gasteiger partial charge in [0.05, 0.1) is 6.61 Å². The van der Waals surface area contributed by atoms with E-state index in [4.69, 9.17) is 4.55 Å². The average molecular weight is 243 g/mol. The summed E-state index contributed by atoms with van der Waals surface area (Å²) in [4.78, 5) is 0. The molecule has 1 aliphatic rings. The summed E-state index contributed by atoms with van der Waals surface area (Å²) in [6.07, 6.45) is 0.700. The van der Waals surface area contributed by atoms with E-state index < -0.39 is 10.4 Å². The highest BCUT2D eigenvalue weighted by Crippen LogP contribution is 2.16. The smallest absolute Gasteiger partial charge is 0.307 e. The quantitative estimate of drug-likeness (QED) is 0.757. The molecule has 0 radical (unpaired) electrons. The summed E-state index contributed by atoms with van der Waals surface area (Å²) in [5.74, 6) is 0. The van der Waals surface area contributed by atoms with Crippen LogP contribution >= 0.6 is 0 Å². The summed E-state index contributed by atoms with van der Waals surface area (Å²) in [6.45, 7) is 0.642. The maximum Gasteiger partial charge on any atom is 0.397 e. The van der Waals surface area contributed by atoms with Crippen molar-refractivity contribution in [1.29, 1.82) is 0 Å². The van der Waals surface area contributed by atoms with Crippen LogP contribution in [-0.4, -0.2) is 25.6 Å². The third kappa shape index (κ3) is 3.02. The van der Waals surface area contributed by atoms with E-state index in [2.05, 4.69) is 9.50 Å². The molecular formula is C10H13NO4S. The molecule has 88 valence electrons. The van der Waals surface area contributed by atoms with Crippen LogP contribution in [0.15, 0.2) is 24.3 Å². The normalized spacial score (nSPS) is 20.4. The number of benzene rings is 1. The lowest BCUT2D eigenvalue weighted by Gasteiger charge is -2.25. The Balaban J connectivity index is 1.98. The maximum absolute atomic E-state index is 10.4. The molecule has 2 N–H and O–H groups in total. The van der Waals surface area contributed by atoms with Crippen LogP contribution in [0.25, 0.3) is 0 Å². The van der Waals surface area contributed by atoms with Crippen molar-refractivity contribution in [3.8, 4) is 0 Å². The van der Waals surface area contributed by atoms with E-state index in [0.717, 1.165) is 0 Å². The molecule has 5 nitrogen and oxygen atoms in total. The first-order chi connectivity index (χ1) is 7.54. The fourth-order valence-electron chi connectivity index (χ4n) is 1.81. The van der Waals surface area contributed by atoms with E-state index in [1.807, 2.05) is 24.3 Å². The summed E-state index contributed by atoms with van der Waals surface area (Å²) >= 11 is 0. The van der Waals surface area contributed by atoms with Gasteiger partial charge in [-0.3, -0.25) is 4.55 Å². The number of nitrogens with one attached hydrogen (secondary N) is 1.